The predicted molar refractivity (Wildman–Crippen MR) is 115 cm³/mol. The Morgan fingerprint density at radius 3 is 2.66 bits per heavy atom. The Hall–Kier alpha value is -2.10. The predicted octanol–water partition coefficient (Wildman–Crippen LogP) is 5.92. The van der Waals surface area contributed by atoms with E-state index in [2.05, 4.69) is 52.0 Å². The van der Waals surface area contributed by atoms with E-state index in [9.17, 15) is 9.18 Å². The summed E-state index contributed by atoms with van der Waals surface area (Å²) in [6.45, 7) is 10.5. The van der Waals surface area contributed by atoms with Crippen LogP contribution in [0, 0.1) is 24.7 Å². The number of fused-ring (bicyclic) bond motifs is 1. The van der Waals surface area contributed by atoms with Crippen molar-refractivity contribution < 1.29 is 13.9 Å². The number of allylic oxidation sites excluding steroid dienone is 3. The summed E-state index contributed by atoms with van der Waals surface area (Å²) in [5.41, 5.74) is 5.17. The van der Waals surface area contributed by atoms with E-state index in [1.165, 1.54) is 12.0 Å². The average Bonchev–Trinajstić information content (AvgIpc) is 3.39. The molecule has 0 bridgehead atoms. The molecule has 1 unspecified atom stereocenters. The number of ether oxygens (including phenoxy) is 1. The van der Waals surface area contributed by atoms with Crippen LogP contribution < -0.4 is 4.90 Å². The number of benzene rings is 1. The van der Waals surface area contributed by atoms with E-state index in [0.29, 0.717) is 30.6 Å². The monoisotopic (exact) mass is 397 g/mol. The third-order valence-electron chi connectivity index (χ3n) is 7.02. The van der Waals surface area contributed by atoms with E-state index in [1.54, 1.807) is 0 Å². The van der Waals surface area contributed by atoms with Gasteiger partial charge in [0.15, 0.2) is 0 Å². The SMILES string of the molecule is CCN1C(=O)CC(C)(C)c2cc(C)c(C3=C[C@@H](C4C[C@@H]4C)CC=C3OCF)cc21. The largest absolute Gasteiger partial charge is 0.463 e. The second-order valence-electron chi connectivity index (χ2n) is 9.56. The first-order valence-corrected chi connectivity index (χ1v) is 10.8. The molecular weight excluding hydrogens is 365 g/mol. The summed E-state index contributed by atoms with van der Waals surface area (Å²) < 4.78 is 18.5. The molecule has 0 N–H and O–H groups in total. The van der Waals surface area contributed by atoms with Crippen molar-refractivity contribution in [1.82, 2.24) is 0 Å². The number of hydrogen-bond acceptors (Lipinski definition) is 2. The van der Waals surface area contributed by atoms with Gasteiger partial charge in [-0.3, -0.25) is 4.79 Å². The summed E-state index contributed by atoms with van der Waals surface area (Å²) in [4.78, 5) is 14.6. The van der Waals surface area contributed by atoms with Crippen LogP contribution in [0.3, 0.4) is 0 Å². The third-order valence-corrected chi connectivity index (χ3v) is 7.02. The van der Waals surface area contributed by atoms with E-state index < -0.39 is 6.86 Å². The number of carbonyl (C=O) groups is 1. The van der Waals surface area contributed by atoms with Crippen LogP contribution in [0.2, 0.25) is 0 Å². The molecule has 3 nitrogen and oxygen atoms in total. The molecular formula is C25H32FNO2. The number of nitrogens with zero attached hydrogens (tertiary/aromatic N) is 1. The molecule has 0 saturated heterocycles. The maximum atomic E-state index is 13.1. The van der Waals surface area contributed by atoms with Crippen molar-refractivity contribution in [3.63, 3.8) is 0 Å². The average molecular weight is 398 g/mol. The zero-order valence-corrected chi connectivity index (χ0v) is 18.2. The lowest BCUT2D eigenvalue weighted by atomic mass is 9.75. The molecule has 1 aromatic rings. The maximum absolute atomic E-state index is 13.1. The lowest BCUT2D eigenvalue weighted by Crippen LogP contribution is -2.42. The number of halogens is 1. The van der Waals surface area contributed by atoms with Gasteiger partial charge in [0.2, 0.25) is 12.8 Å². The summed E-state index contributed by atoms with van der Waals surface area (Å²) in [7, 11) is 0. The minimum atomic E-state index is -0.829. The van der Waals surface area contributed by atoms with Crippen molar-refractivity contribution in [3.8, 4) is 0 Å². The summed E-state index contributed by atoms with van der Waals surface area (Å²) in [6, 6.07) is 4.35. The standard InChI is InChI=1S/C25H32FNO2/c1-6-27-22-12-19(16(3)10-21(22)25(4,5)13-24(27)28)20-11-17(18-9-15(18)2)7-8-23(20)29-14-26/h8,10-12,15,17-18H,6-7,9,13-14H2,1-5H3/t15-,17-,18?/m0/s1. The number of rotatable bonds is 5. The lowest BCUT2D eigenvalue weighted by Gasteiger charge is -2.39. The van der Waals surface area contributed by atoms with E-state index in [4.69, 9.17) is 4.74 Å². The van der Waals surface area contributed by atoms with Crippen LogP contribution in [0.15, 0.2) is 30.0 Å². The van der Waals surface area contributed by atoms with E-state index in [0.717, 1.165) is 34.7 Å². The molecule has 1 aromatic carbocycles. The molecule has 3 atom stereocenters. The van der Waals surface area contributed by atoms with Crippen LogP contribution in [0.25, 0.3) is 5.57 Å². The molecule has 1 fully saturated rings. The Bertz CT molecular complexity index is 898. The normalized spacial score (nSPS) is 27.9. The number of aryl methyl sites for hydroxylation is 1. The van der Waals surface area contributed by atoms with Gasteiger partial charge >= 0.3 is 0 Å². The molecule has 0 radical (unpaired) electrons. The molecule has 1 saturated carbocycles. The van der Waals surface area contributed by atoms with Crippen molar-refractivity contribution in [1.29, 1.82) is 0 Å². The molecule has 156 valence electrons. The Morgan fingerprint density at radius 1 is 1.31 bits per heavy atom. The quantitative estimate of drug-likeness (QED) is 0.617. The van der Waals surface area contributed by atoms with Crippen LogP contribution in [0.4, 0.5) is 10.1 Å². The molecule has 2 aliphatic carbocycles. The van der Waals surface area contributed by atoms with Crippen LogP contribution >= 0.6 is 0 Å². The molecule has 4 rings (SSSR count). The zero-order chi connectivity index (χ0) is 20.9. The fraction of sp³-hybridized carbons (Fsp3) is 0.560. The smallest absolute Gasteiger partial charge is 0.228 e. The number of hydrogen-bond donors (Lipinski definition) is 0. The Kier molecular flexibility index (Phi) is 5.08. The first-order valence-electron chi connectivity index (χ1n) is 10.8. The van der Waals surface area contributed by atoms with Crippen LogP contribution in [-0.2, 0) is 14.9 Å². The van der Waals surface area contributed by atoms with Gasteiger partial charge in [-0.25, -0.2) is 4.39 Å². The number of amides is 1. The molecule has 1 aliphatic heterocycles. The highest BCUT2D eigenvalue weighted by Gasteiger charge is 2.40. The van der Waals surface area contributed by atoms with Gasteiger partial charge in [-0.2, -0.15) is 0 Å². The summed E-state index contributed by atoms with van der Waals surface area (Å²) in [5, 5.41) is 0. The van der Waals surface area contributed by atoms with Crippen LogP contribution in [-0.4, -0.2) is 19.3 Å². The van der Waals surface area contributed by atoms with Gasteiger partial charge in [0.05, 0.1) is 0 Å². The highest BCUT2D eigenvalue weighted by molar-refractivity contribution is 5.99. The Morgan fingerprint density at radius 2 is 2.03 bits per heavy atom. The van der Waals surface area contributed by atoms with Gasteiger partial charge in [0.25, 0.3) is 0 Å². The second-order valence-corrected chi connectivity index (χ2v) is 9.56. The molecule has 0 spiro atoms. The van der Waals surface area contributed by atoms with Crippen LogP contribution in [0.1, 0.15) is 63.6 Å². The third kappa shape index (κ3) is 3.51. The molecule has 0 aromatic heterocycles. The topological polar surface area (TPSA) is 29.5 Å². The fourth-order valence-electron chi connectivity index (χ4n) is 5.18. The second kappa shape index (κ2) is 7.30. The van der Waals surface area contributed by atoms with E-state index in [-0.39, 0.29) is 11.3 Å². The van der Waals surface area contributed by atoms with Gasteiger partial charge in [0, 0.05) is 29.6 Å². The lowest BCUT2D eigenvalue weighted by molar-refractivity contribution is -0.120. The summed E-state index contributed by atoms with van der Waals surface area (Å²) in [5.74, 6) is 2.73. The fourth-order valence-corrected chi connectivity index (χ4v) is 5.18. The van der Waals surface area contributed by atoms with Gasteiger partial charge in [-0.05, 0) is 73.3 Å². The van der Waals surface area contributed by atoms with Crippen LogP contribution in [0.5, 0.6) is 0 Å². The highest BCUT2D eigenvalue weighted by Crippen LogP contribution is 2.50. The van der Waals surface area contributed by atoms with Crippen molar-refractivity contribution in [2.75, 3.05) is 18.3 Å². The first kappa shape index (κ1) is 20.2. The molecule has 1 heterocycles. The number of alkyl halides is 1. The zero-order valence-electron chi connectivity index (χ0n) is 18.2. The molecule has 29 heavy (non-hydrogen) atoms. The van der Waals surface area contributed by atoms with Gasteiger partial charge < -0.3 is 9.64 Å². The van der Waals surface area contributed by atoms with Crippen molar-refractivity contribution in [2.45, 2.75) is 59.3 Å². The number of anilines is 1. The summed E-state index contributed by atoms with van der Waals surface area (Å²) >= 11 is 0. The first-order chi connectivity index (χ1) is 13.8. The van der Waals surface area contributed by atoms with Crippen molar-refractivity contribution >= 4 is 17.2 Å². The summed E-state index contributed by atoms with van der Waals surface area (Å²) in [6.07, 6.45) is 7.03. The van der Waals surface area contributed by atoms with Gasteiger partial charge in [0.1, 0.15) is 5.76 Å². The van der Waals surface area contributed by atoms with Gasteiger partial charge in [-0.1, -0.05) is 32.9 Å². The van der Waals surface area contributed by atoms with E-state index >= 15 is 0 Å². The highest BCUT2D eigenvalue weighted by atomic mass is 19.1. The molecule has 3 aliphatic rings. The number of carbonyl (C=O) groups excluding carboxylic acids is 1. The molecule has 1 amide bonds. The van der Waals surface area contributed by atoms with E-state index in [1.807, 2.05) is 11.8 Å². The maximum Gasteiger partial charge on any atom is 0.228 e. The minimum Gasteiger partial charge on any atom is -0.463 e. The molecule has 4 heteroatoms. The Balaban J connectivity index is 1.83. The van der Waals surface area contributed by atoms with Gasteiger partial charge in [-0.15, -0.1) is 0 Å². The van der Waals surface area contributed by atoms with Crippen molar-refractivity contribution in [3.05, 3.63) is 46.7 Å². The minimum absolute atomic E-state index is 0.165. The Labute approximate surface area is 173 Å². The van der Waals surface area contributed by atoms with Crippen molar-refractivity contribution in [2.24, 2.45) is 17.8 Å².